The molecule has 0 aliphatic carbocycles. The Hall–Kier alpha value is -1.24. The first kappa shape index (κ1) is 14.8. The van der Waals surface area contributed by atoms with Gasteiger partial charge in [0.05, 0.1) is 6.61 Å². The molecular weight excluding hydrogens is 304 g/mol. The van der Waals surface area contributed by atoms with Crippen molar-refractivity contribution >= 4 is 27.7 Å². The summed E-state index contributed by atoms with van der Waals surface area (Å²) in [5, 5.41) is 27.8. The minimum atomic E-state index is -1.66. The van der Waals surface area contributed by atoms with Gasteiger partial charge in [0.25, 0.3) is 0 Å². The zero-order valence-corrected chi connectivity index (χ0v) is 11.1. The lowest BCUT2D eigenvalue weighted by atomic mass is 9.98. The lowest BCUT2D eigenvalue weighted by Gasteiger charge is -2.11. The van der Waals surface area contributed by atoms with E-state index in [0.29, 0.717) is 16.5 Å². The molecule has 0 fully saturated rings. The zero-order valence-electron chi connectivity index (χ0n) is 9.47. The van der Waals surface area contributed by atoms with Crippen molar-refractivity contribution < 1.29 is 24.9 Å². The molecule has 0 radical (unpaired) electrons. The number of carbonyl (C=O) groups is 2. The largest absolute Gasteiger partial charge is 0.479 e. The summed E-state index contributed by atoms with van der Waals surface area (Å²) < 4.78 is 0. The van der Waals surface area contributed by atoms with Crippen molar-refractivity contribution in [1.82, 2.24) is 0 Å². The molecule has 0 aliphatic heterocycles. The maximum absolute atomic E-state index is 11.7. The molecule has 0 saturated carbocycles. The summed E-state index contributed by atoms with van der Waals surface area (Å²) in [5.74, 6) is -1.52. The predicted molar refractivity (Wildman–Crippen MR) is 67.7 cm³/mol. The van der Waals surface area contributed by atoms with Crippen LogP contribution in [0.2, 0.25) is 0 Å². The number of aliphatic hydroxyl groups excluding tert-OH is 2. The van der Waals surface area contributed by atoms with E-state index < -0.39 is 12.1 Å². The highest BCUT2D eigenvalue weighted by Gasteiger charge is 2.18. The van der Waals surface area contributed by atoms with Crippen molar-refractivity contribution in [3.8, 4) is 0 Å². The van der Waals surface area contributed by atoms with Crippen LogP contribution in [0, 0.1) is 0 Å². The SMILES string of the molecule is O=C(CCBr)c1ccc(C(O)C(=O)O)cc1CO. The molecular formula is C12H13BrO5. The van der Waals surface area contributed by atoms with Gasteiger partial charge in [-0.1, -0.05) is 28.1 Å². The van der Waals surface area contributed by atoms with E-state index in [1.807, 2.05) is 0 Å². The molecule has 1 unspecified atom stereocenters. The van der Waals surface area contributed by atoms with Gasteiger partial charge in [-0.15, -0.1) is 0 Å². The quantitative estimate of drug-likeness (QED) is 0.542. The summed E-state index contributed by atoms with van der Waals surface area (Å²) in [5.41, 5.74) is 0.805. The number of ketones is 1. The second-order valence-corrected chi connectivity index (χ2v) is 4.47. The van der Waals surface area contributed by atoms with E-state index in [0.717, 1.165) is 0 Å². The normalized spacial score (nSPS) is 12.2. The van der Waals surface area contributed by atoms with Crippen molar-refractivity contribution in [3.05, 3.63) is 34.9 Å². The van der Waals surface area contributed by atoms with Crippen LogP contribution in [0.1, 0.15) is 34.0 Å². The number of carboxylic acid groups (broad SMARTS) is 1. The fourth-order valence-electron chi connectivity index (χ4n) is 1.55. The molecule has 1 aromatic rings. The summed E-state index contributed by atoms with van der Waals surface area (Å²) in [7, 11) is 0. The molecule has 1 aromatic carbocycles. The van der Waals surface area contributed by atoms with Crippen molar-refractivity contribution in [2.45, 2.75) is 19.1 Å². The fraction of sp³-hybridized carbons (Fsp3) is 0.333. The number of carbonyl (C=O) groups excluding carboxylic acids is 1. The lowest BCUT2D eigenvalue weighted by Crippen LogP contribution is -2.12. The van der Waals surface area contributed by atoms with Crippen molar-refractivity contribution in [3.63, 3.8) is 0 Å². The van der Waals surface area contributed by atoms with Crippen LogP contribution in [0.4, 0.5) is 0 Å². The lowest BCUT2D eigenvalue weighted by molar-refractivity contribution is -0.146. The highest BCUT2D eigenvalue weighted by molar-refractivity contribution is 9.09. The van der Waals surface area contributed by atoms with Crippen LogP contribution in [-0.2, 0) is 11.4 Å². The Kier molecular flexibility index (Phi) is 5.46. The smallest absolute Gasteiger partial charge is 0.337 e. The van der Waals surface area contributed by atoms with Crippen LogP contribution in [0.25, 0.3) is 0 Å². The van der Waals surface area contributed by atoms with Gasteiger partial charge in [-0.25, -0.2) is 4.79 Å². The van der Waals surface area contributed by atoms with E-state index in [4.69, 9.17) is 5.11 Å². The molecule has 6 heteroatoms. The van der Waals surface area contributed by atoms with Crippen LogP contribution in [0.3, 0.4) is 0 Å². The van der Waals surface area contributed by atoms with Crippen LogP contribution < -0.4 is 0 Å². The van der Waals surface area contributed by atoms with E-state index in [-0.39, 0.29) is 24.4 Å². The number of alkyl halides is 1. The van der Waals surface area contributed by atoms with Gasteiger partial charge in [0, 0.05) is 17.3 Å². The first-order valence-electron chi connectivity index (χ1n) is 5.25. The summed E-state index contributed by atoms with van der Waals surface area (Å²) in [4.78, 5) is 22.4. The topological polar surface area (TPSA) is 94.8 Å². The highest BCUT2D eigenvalue weighted by atomic mass is 79.9. The van der Waals surface area contributed by atoms with E-state index in [1.54, 1.807) is 0 Å². The average Bonchev–Trinajstić information content (AvgIpc) is 2.37. The molecule has 0 spiro atoms. The molecule has 3 N–H and O–H groups in total. The summed E-state index contributed by atoms with van der Waals surface area (Å²) in [6.45, 7) is -0.385. The van der Waals surface area contributed by atoms with Crippen molar-refractivity contribution in [2.24, 2.45) is 0 Å². The Labute approximate surface area is 112 Å². The number of benzene rings is 1. The molecule has 0 aromatic heterocycles. The number of halogens is 1. The Morgan fingerprint density at radius 2 is 2.00 bits per heavy atom. The first-order chi connectivity index (χ1) is 8.51. The Bertz CT molecular complexity index is 458. The third-order valence-electron chi connectivity index (χ3n) is 2.47. The summed E-state index contributed by atoms with van der Waals surface area (Å²) in [6, 6.07) is 4.14. The van der Waals surface area contributed by atoms with Crippen LogP contribution >= 0.6 is 15.9 Å². The number of Topliss-reactive ketones (excluding diaryl/α,β-unsaturated/α-hetero) is 1. The van der Waals surface area contributed by atoms with E-state index in [1.165, 1.54) is 18.2 Å². The van der Waals surface area contributed by atoms with Gasteiger partial charge in [0.2, 0.25) is 0 Å². The molecule has 0 aliphatic rings. The van der Waals surface area contributed by atoms with Gasteiger partial charge in [-0.05, 0) is 17.2 Å². The molecule has 1 atom stereocenters. The zero-order chi connectivity index (χ0) is 13.7. The summed E-state index contributed by atoms with van der Waals surface area (Å²) in [6.07, 6.45) is -1.37. The number of carboxylic acids is 1. The van der Waals surface area contributed by atoms with Crippen LogP contribution in [0.5, 0.6) is 0 Å². The van der Waals surface area contributed by atoms with Crippen LogP contribution in [0.15, 0.2) is 18.2 Å². The Balaban J connectivity index is 3.11. The maximum atomic E-state index is 11.7. The van der Waals surface area contributed by atoms with Crippen LogP contribution in [-0.4, -0.2) is 32.4 Å². The number of rotatable bonds is 6. The average molecular weight is 317 g/mol. The molecule has 0 saturated heterocycles. The van der Waals surface area contributed by atoms with Gasteiger partial charge in [0.1, 0.15) is 0 Å². The van der Waals surface area contributed by atoms with Crippen molar-refractivity contribution in [1.29, 1.82) is 0 Å². The van der Waals surface area contributed by atoms with Gasteiger partial charge in [-0.2, -0.15) is 0 Å². The second kappa shape index (κ2) is 6.63. The number of hydrogen-bond donors (Lipinski definition) is 3. The highest BCUT2D eigenvalue weighted by Crippen LogP contribution is 2.20. The molecule has 1 rings (SSSR count). The van der Waals surface area contributed by atoms with Gasteiger partial charge in [0.15, 0.2) is 11.9 Å². The number of aliphatic hydroxyl groups is 2. The molecule has 0 bridgehead atoms. The third-order valence-corrected chi connectivity index (χ3v) is 2.87. The molecule has 98 valence electrons. The number of hydrogen-bond acceptors (Lipinski definition) is 4. The minimum Gasteiger partial charge on any atom is -0.479 e. The minimum absolute atomic E-state index is 0.141. The van der Waals surface area contributed by atoms with Crippen molar-refractivity contribution in [2.75, 3.05) is 5.33 Å². The second-order valence-electron chi connectivity index (χ2n) is 3.68. The third kappa shape index (κ3) is 3.38. The molecule has 5 nitrogen and oxygen atoms in total. The van der Waals surface area contributed by atoms with E-state index >= 15 is 0 Å². The maximum Gasteiger partial charge on any atom is 0.337 e. The standard InChI is InChI=1S/C12H13BrO5/c13-4-3-10(15)9-2-1-7(5-8(9)6-14)11(16)12(17)18/h1-2,5,11,14,16H,3-4,6H2,(H,17,18). The van der Waals surface area contributed by atoms with E-state index in [9.17, 15) is 19.8 Å². The molecule has 0 heterocycles. The van der Waals surface area contributed by atoms with Gasteiger partial charge >= 0.3 is 5.97 Å². The Morgan fingerprint density at radius 3 is 2.50 bits per heavy atom. The van der Waals surface area contributed by atoms with E-state index in [2.05, 4.69) is 15.9 Å². The Morgan fingerprint density at radius 1 is 1.33 bits per heavy atom. The van der Waals surface area contributed by atoms with Gasteiger partial charge in [-0.3, -0.25) is 4.79 Å². The monoisotopic (exact) mass is 316 g/mol. The van der Waals surface area contributed by atoms with Gasteiger partial charge < -0.3 is 15.3 Å². The first-order valence-corrected chi connectivity index (χ1v) is 6.37. The fourth-order valence-corrected chi connectivity index (χ4v) is 1.91. The summed E-state index contributed by atoms with van der Waals surface area (Å²) >= 11 is 3.15. The predicted octanol–water partition coefficient (Wildman–Crippen LogP) is 1.26. The molecule has 18 heavy (non-hydrogen) atoms. The molecule has 0 amide bonds. The number of aliphatic carboxylic acids is 1.